The Hall–Kier alpha value is -1.07. The van der Waals surface area contributed by atoms with E-state index < -0.39 is 0 Å². The molecule has 0 radical (unpaired) electrons. The Morgan fingerprint density at radius 1 is 1.43 bits per heavy atom. The van der Waals surface area contributed by atoms with Crippen molar-refractivity contribution in [3.63, 3.8) is 0 Å². The summed E-state index contributed by atoms with van der Waals surface area (Å²) in [5.41, 5.74) is 7.30. The lowest BCUT2D eigenvalue weighted by molar-refractivity contribution is 1.47. The number of aryl methyl sites for hydroxylation is 1. The second kappa shape index (κ2) is 4.97. The molecule has 0 aliphatic rings. The number of nitrogens with two attached hydrogens (primary N) is 1. The third-order valence-corrected chi connectivity index (χ3v) is 2.36. The van der Waals surface area contributed by atoms with Gasteiger partial charge in [-0.05, 0) is 30.8 Å². The van der Waals surface area contributed by atoms with Crippen molar-refractivity contribution in [2.45, 2.75) is 6.92 Å². The number of nitrogens with one attached hydrogen (secondary N) is 2. The van der Waals surface area contributed by atoms with Gasteiger partial charge in [0.05, 0.1) is 0 Å². The van der Waals surface area contributed by atoms with E-state index in [1.807, 2.05) is 31.2 Å². The lowest BCUT2D eigenvalue weighted by Crippen LogP contribution is -2.12. The summed E-state index contributed by atoms with van der Waals surface area (Å²) in [5.74, 6) is 0. The summed E-state index contributed by atoms with van der Waals surface area (Å²) < 4.78 is 0.487. The van der Waals surface area contributed by atoms with Crippen molar-refractivity contribution in [2.75, 3.05) is 5.32 Å². The van der Waals surface area contributed by atoms with Crippen LogP contribution in [-0.4, -0.2) is 9.49 Å². The van der Waals surface area contributed by atoms with Crippen LogP contribution in [0.2, 0.25) is 0 Å². The molecule has 5 heteroatoms. The van der Waals surface area contributed by atoms with E-state index in [0.717, 1.165) is 17.4 Å². The van der Waals surface area contributed by atoms with Crippen molar-refractivity contribution in [2.24, 2.45) is 5.73 Å². The molecule has 0 unspecified atom stereocenters. The number of anilines is 1. The molecule has 0 fully saturated rings. The van der Waals surface area contributed by atoms with Gasteiger partial charge in [0.1, 0.15) is 4.32 Å². The summed E-state index contributed by atoms with van der Waals surface area (Å²) in [6, 6.07) is 7.84. The van der Waals surface area contributed by atoms with E-state index in [4.69, 9.17) is 23.4 Å². The van der Waals surface area contributed by atoms with Gasteiger partial charge in [0.2, 0.25) is 0 Å². The Balaban J connectivity index is 2.56. The fourth-order valence-corrected chi connectivity index (χ4v) is 1.64. The van der Waals surface area contributed by atoms with Crippen LogP contribution < -0.4 is 11.1 Å². The van der Waals surface area contributed by atoms with Crippen molar-refractivity contribution in [3.8, 4) is 0 Å². The van der Waals surface area contributed by atoms with Gasteiger partial charge in [-0.2, -0.15) is 0 Å². The van der Waals surface area contributed by atoms with E-state index in [0.29, 0.717) is 4.32 Å². The molecule has 0 atom stereocenters. The summed E-state index contributed by atoms with van der Waals surface area (Å²) in [6.07, 6.45) is 0. The highest BCUT2D eigenvalue weighted by Gasteiger charge is 1.99. The van der Waals surface area contributed by atoms with Gasteiger partial charge in [-0.15, -0.1) is 0 Å². The lowest BCUT2D eigenvalue weighted by Gasteiger charge is -2.06. The smallest absolute Gasteiger partial charge is 0.158 e. The summed E-state index contributed by atoms with van der Waals surface area (Å²) in [4.78, 5) is 0. The first-order valence-corrected chi connectivity index (χ1v) is 5.20. The third-order valence-electron chi connectivity index (χ3n) is 1.50. The van der Waals surface area contributed by atoms with Gasteiger partial charge in [0.15, 0.2) is 5.17 Å². The van der Waals surface area contributed by atoms with Crippen LogP contribution >= 0.6 is 24.0 Å². The molecule has 0 bridgehead atoms. The van der Waals surface area contributed by atoms with Gasteiger partial charge in [0.25, 0.3) is 0 Å². The van der Waals surface area contributed by atoms with E-state index >= 15 is 0 Å². The molecule has 0 saturated heterocycles. The maximum absolute atomic E-state index is 7.04. The number of benzene rings is 1. The van der Waals surface area contributed by atoms with Crippen molar-refractivity contribution in [3.05, 3.63) is 29.8 Å². The first-order chi connectivity index (χ1) is 6.58. The Morgan fingerprint density at radius 2 is 2.00 bits per heavy atom. The average Bonchev–Trinajstić information content (AvgIpc) is 2.07. The number of thiocarbonyl (C=S) groups is 1. The first-order valence-electron chi connectivity index (χ1n) is 3.97. The molecule has 14 heavy (non-hydrogen) atoms. The summed E-state index contributed by atoms with van der Waals surface area (Å²) in [7, 11) is 0. The fourth-order valence-electron chi connectivity index (χ4n) is 0.880. The standard InChI is InChI=1S/C9H11N3S2/c1-6-2-4-7(5-3-6)12-9(13)14-8(10)11/h2-5H,1H3,(H3,10,11)(H,12,13). The SMILES string of the molecule is Cc1ccc(NC(=S)SC(=N)N)cc1. The second-order valence-electron chi connectivity index (χ2n) is 2.74. The molecule has 0 aliphatic heterocycles. The van der Waals surface area contributed by atoms with Crippen molar-refractivity contribution in [1.82, 2.24) is 0 Å². The van der Waals surface area contributed by atoms with Gasteiger partial charge in [-0.1, -0.05) is 29.9 Å². The van der Waals surface area contributed by atoms with Crippen LogP contribution in [-0.2, 0) is 0 Å². The van der Waals surface area contributed by atoms with E-state index in [1.54, 1.807) is 0 Å². The molecule has 0 amide bonds. The number of rotatable bonds is 1. The normalized spacial score (nSPS) is 9.50. The van der Waals surface area contributed by atoms with Gasteiger partial charge < -0.3 is 11.1 Å². The summed E-state index contributed by atoms with van der Waals surface area (Å²) >= 11 is 6.01. The van der Waals surface area contributed by atoms with E-state index in [-0.39, 0.29) is 5.17 Å². The van der Waals surface area contributed by atoms with Crippen LogP contribution in [0, 0.1) is 12.3 Å². The maximum atomic E-state index is 7.04. The number of hydrogen-bond donors (Lipinski definition) is 3. The quantitative estimate of drug-likeness (QED) is 0.390. The van der Waals surface area contributed by atoms with Crippen LogP contribution in [0.4, 0.5) is 5.69 Å². The Morgan fingerprint density at radius 3 is 2.50 bits per heavy atom. The predicted molar refractivity (Wildman–Crippen MR) is 66.9 cm³/mol. The van der Waals surface area contributed by atoms with Crippen molar-refractivity contribution in [1.29, 1.82) is 5.41 Å². The zero-order chi connectivity index (χ0) is 10.6. The number of amidine groups is 1. The van der Waals surface area contributed by atoms with E-state index in [1.165, 1.54) is 5.56 Å². The molecule has 1 rings (SSSR count). The van der Waals surface area contributed by atoms with Gasteiger partial charge in [-0.3, -0.25) is 5.41 Å². The molecule has 0 aliphatic carbocycles. The molecule has 3 nitrogen and oxygen atoms in total. The maximum Gasteiger partial charge on any atom is 0.158 e. The molecule has 4 N–H and O–H groups in total. The topological polar surface area (TPSA) is 61.9 Å². The lowest BCUT2D eigenvalue weighted by atomic mass is 10.2. The zero-order valence-electron chi connectivity index (χ0n) is 7.70. The predicted octanol–water partition coefficient (Wildman–Crippen LogP) is 2.32. The van der Waals surface area contributed by atoms with Gasteiger partial charge >= 0.3 is 0 Å². The Labute approximate surface area is 92.6 Å². The molecule has 1 aromatic carbocycles. The van der Waals surface area contributed by atoms with E-state index in [9.17, 15) is 0 Å². The van der Waals surface area contributed by atoms with Crippen molar-refractivity contribution >= 4 is 39.2 Å². The molecule has 0 aromatic heterocycles. The van der Waals surface area contributed by atoms with Gasteiger partial charge in [0, 0.05) is 5.69 Å². The minimum absolute atomic E-state index is 0.00499. The highest BCUT2D eigenvalue weighted by atomic mass is 32.2. The minimum atomic E-state index is -0.00499. The first kappa shape index (κ1) is 11.0. The third kappa shape index (κ3) is 3.76. The molecule has 1 aromatic rings. The zero-order valence-corrected chi connectivity index (χ0v) is 9.34. The van der Waals surface area contributed by atoms with Crippen molar-refractivity contribution < 1.29 is 0 Å². The fraction of sp³-hybridized carbons (Fsp3) is 0.111. The minimum Gasteiger partial charge on any atom is -0.378 e. The van der Waals surface area contributed by atoms with Crippen LogP contribution in [0.5, 0.6) is 0 Å². The highest BCUT2D eigenvalue weighted by molar-refractivity contribution is 8.33. The largest absolute Gasteiger partial charge is 0.378 e. The van der Waals surface area contributed by atoms with Crippen LogP contribution in [0.3, 0.4) is 0 Å². The molecular weight excluding hydrogens is 214 g/mol. The molecule has 0 saturated carbocycles. The monoisotopic (exact) mass is 225 g/mol. The Bertz CT molecular complexity index is 346. The summed E-state index contributed by atoms with van der Waals surface area (Å²) in [6.45, 7) is 2.02. The summed E-state index contributed by atoms with van der Waals surface area (Å²) in [5, 5.41) is 10.0. The van der Waals surface area contributed by atoms with Crippen LogP contribution in [0.15, 0.2) is 24.3 Å². The van der Waals surface area contributed by atoms with Crippen LogP contribution in [0.25, 0.3) is 0 Å². The van der Waals surface area contributed by atoms with E-state index in [2.05, 4.69) is 5.32 Å². The van der Waals surface area contributed by atoms with Crippen LogP contribution in [0.1, 0.15) is 5.56 Å². The van der Waals surface area contributed by atoms with Gasteiger partial charge in [-0.25, -0.2) is 0 Å². The molecule has 0 spiro atoms. The number of thioether (sulfide) groups is 1. The molecule has 0 heterocycles. The molecule has 74 valence electrons. The average molecular weight is 225 g/mol. The Kier molecular flexibility index (Phi) is 3.91. The number of hydrogen-bond acceptors (Lipinski definition) is 3. The highest BCUT2D eigenvalue weighted by Crippen LogP contribution is 2.12. The second-order valence-corrected chi connectivity index (χ2v) is 4.46. The molecular formula is C9H11N3S2.